The third kappa shape index (κ3) is 4.59. The van der Waals surface area contributed by atoms with E-state index in [1.807, 2.05) is 0 Å². The summed E-state index contributed by atoms with van der Waals surface area (Å²) in [6.07, 6.45) is -3.63. The lowest BCUT2D eigenvalue weighted by Crippen LogP contribution is -2.16. The molecular formula is C26H14F3NO4. The van der Waals surface area contributed by atoms with Gasteiger partial charge < -0.3 is 9.15 Å². The number of halogens is 3. The van der Waals surface area contributed by atoms with E-state index in [0.29, 0.717) is 5.56 Å². The normalized spacial score (nSPS) is 11.8. The molecule has 0 atom stereocenters. The molecule has 0 fully saturated rings. The quantitative estimate of drug-likeness (QED) is 0.161. The van der Waals surface area contributed by atoms with Crippen LogP contribution in [0.2, 0.25) is 0 Å². The van der Waals surface area contributed by atoms with Crippen molar-refractivity contribution in [2.75, 3.05) is 0 Å². The Balaban J connectivity index is 1.76. The standard InChI is InChI=1S/C26H14F3NO4/c27-26(28,29)24-22(17-9-5-2-6-10-17)23(31)20-12-11-19(14-21(20)34-24)33-25(32)18(15-30)13-16-7-3-1-4-8-16/h1-14H. The smallest absolute Gasteiger partial charge is 0.450 e. The van der Waals surface area contributed by atoms with Crippen molar-refractivity contribution in [1.82, 2.24) is 0 Å². The van der Waals surface area contributed by atoms with Gasteiger partial charge in [0.15, 0.2) is 0 Å². The second-order valence-electron chi connectivity index (χ2n) is 7.13. The largest absolute Gasteiger partial charge is 0.450 e. The van der Waals surface area contributed by atoms with Crippen LogP contribution in [0.25, 0.3) is 28.2 Å². The highest BCUT2D eigenvalue weighted by molar-refractivity contribution is 5.99. The van der Waals surface area contributed by atoms with Crippen LogP contribution in [-0.4, -0.2) is 5.97 Å². The molecule has 0 saturated carbocycles. The number of benzene rings is 3. The summed E-state index contributed by atoms with van der Waals surface area (Å²) < 4.78 is 51.5. The molecule has 5 nitrogen and oxygen atoms in total. The molecule has 1 heterocycles. The molecule has 0 aliphatic carbocycles. The molecule has 34 heavy (non-hydrogen) atoms. The predicted octanol–water partition coefficient (Wildman–Crippen LogP) is 5.99. The Morgan fingerprint density at radius 3 is 2.24 bits per heavy atom. The lowest BCUT2D eigenvalue weighted by Gasteiger charge is -2.13. The van der Waals surface area contributed by atoms with E-state index in [2.05, 4.69) is 0 Å². The van der Waals surface area contributed by atoms with Crippen molar-refractivity contribution in [1.29, 1.82) is 5.26 Å². The fourth-order valence-corrected chi connectivity index (χ4v) is 3.32. The summed E-state index contributed by atoms with van der Waals surface area (Å²) in [4.78, 5) is 25.4. The number of hydrogen-bond donors (Lipinski definition) is 0. The topological polar surface area (TPSA) is 80.3 Å². The van der Waals surface area contributed by atoms with Gasteiger partial charge in [-0.2, -0.15) is 18.4 Å². The number of nitriles is 1. The number of fused-ring (bicyclic) bond motifs is 1. The van der Waals surface area contributed by atoms with Gasteiger partial charge in [-0.25, -0.2) is 4.79 Å². The molecule has 0 radical (unpaired) electrons. The second kappa shape index (κ2) is 9.08. The van der Waals surface area contributed by atoms with Crippen LogP contribution in [-0.2, 0) is 11.0 Å². The molecule has 0 amide bonds. The van der Waals surface area contributed by atoms with E-state index in [9.17, 15) is 28.0 Å². The molecule has 0 spiro atoms. The first-order chi connectivity index (χ1) is 16.3. The zero-order chi connectivity index (χ0) is 24.3. The number of rotatable bonds is 4. The van der Waals surface area contributed by atoms with Crippen LogP contribution in [0.5, 0.6) is 5.75 Å². The van der Waals surface area contributed by atoms with Gasteiger partial charge in [0, 0.05) is 6.07 Å². The zero-order valence-corrected chi connectivity index (χ0v) is 17.3. The Kier molecular flexibility index (Phi) is 6.02. The van der Waals surface area contributed by atoms with Gasteiger partial charge >= 0.3 is 12.1 Å². The first-order valence-electron chi connectivity index (χ1n) is 9.90. The number of carbonyl (C=O) groups is 1. The Bertz CT molecular complexity index is 1500. The van der Waals surface area contributed by atoms with Gasteiger partial charge in [0.1, 0.15) is 23.0 Å². The third-order valence-corrected chi connectivity index (χ3v) is 4.85. The number of carbonyl (C=O) groups excluding carboxylic acids is 1. The van der Waals surface area contributed by atoms with Crippen LogP contribution < -0.4 is 10.2 Å². The lowest BCUT2D eigenvalue weighted by atomic mass is 10.0. The monoisotopic (exact) mass is 461 g/mol. The van der Waals surface area contributed by atoms with E-state index in [1.165, 1.54) is 42.5 Å². The molecule has 168 valence electrons. The van der Waals surface area contributed by atoms with Crippen LogP contribution in [0.3, 0.4) is 0 Å². The van der Waals surface area contributed by atoms with E-state index in [-0.39, 0.29) is 22.3 Å². The van der Waals surface area contributed by atoms with Crippen molar-refractivity contribution < 1.29 is 27.1 Å². The number of hydrogen-bond acceptors (Lipinski definition) is 5. The van der Waals surface area contributed by atoms with Gasteiger partial charge in [-0.3, -0.25) is 4.79 Å². The molecular weight excluding hydrogens is 447 g/mol. The molecule has 0 N–H and O–H groups in total. The molecule has 4 aromatic rings. The van der Waals surface area contributed by atoms with Gasteiger partial charge in [-0.1, -0.05) is 60.7 Å². The van der Waals surface area contributed by atoms with Gasteiger partial charge in [-0.15, -0.1) is 0 Å². The molecule has 0 unspecified atom stereocenters. The minimum atomic E-state index is -4.95. The van der Waals surface area contributed by atoms with E-state index < -0.39 is 34.5 Å². The lowest BCUT2D eigenvalue weighted by molar-refractivity contribution is -0.152. The maximum Gasteiger partial charge on any atom is 0.450 e. The molecule has 4 rings (SSSR count). The molecule has 0 bridgehead atoms. The number of alkyl halides is 3. The summed E-state index contributed by atoms with van der Waals surface area (Å²) in [5.74, 6) is -2.65. The number of ether oxygens (including phenoxy) is 1. The van der Waals surface area contributed by atoms with E-state index in [1.54, 1.807) is 42.5 Å². The highest BCUT2D eigenvalue weighted by atomic mass is 19.4. The van der Waals surface area contributed by atoms with Crippen molar-refractivity contribution in [2.24, 2.45) is 0 Å². The molecule has 0 aliphatic rings. The van der Waals surface area contributed by atoms with Crippen molar-refractivity contribution in [2.45, 2.75) is 6.18 Å². The van der Waals surface area contributed by atoms with Gasteiger partial charge in [0.05, 0.1) is 10.9 Å². The Morgan fingerprint density at radius 1 is 0.971 bits per heavy atom. The summed E-state index contributed by atoms with van der Waals surface area (Å²) in [5, 5.41) is 9.19. The summed E-state index contributed by atoms with van der Waals surface area (Å²) in [6.45, 7) is 0. The predicted molar refractivity (Wildman–Crippen MR) is 119 cm³/mol. The molecule has 3 aromatic carbocycles. The molecule has 8 heteroatoms. The van der Waals surface area contributed by atoms with E-state index in [0.717, 1.165) is 6.07 Å². The summed E-state index contributed by atoms with van der Waals surface area (Å²) in [5.41, 5.74) is -1.56. The summed E-state index contributed by atoms with van der Waals surface area (Å²) >= 11 is 0. The minimum absolute atomic E-state index is 0.0608. The van der Waals surface area contributed by atoms with Crippen molar-refractivity contribution in [3.05, 3.63) is 106 Å². The van der Waals surface area contributed by atoms with Gasteiger partial charge in [-0.05, 0) is 29.3 Å². The van der Waals surface area contributed by atoms with Crippen LogP contribution in [0, 0.1) is 11.3 Å². The first kappa shape index (κ1) is 22.6. The van der Waals surface area contributed by atoms with Gasteiger partial charge in [0.2, 0.25) is 11.2 Å². The fraction of sp³-hybridized carbons (Fsp3) is 0.0385. The number of nitrogens with zero attached hydrogens (tertiary/aromatic N) is 1. The fourth-order valence-electron chi connectivity index (χ4n) is 3.32. The first-order valence-corrected chi connectivity index (χ1v) is 9.90. The summed E-state index contributed by atoms with van der Waals surface area (Å²) in [6, 6.07) is 21.2. The number of esters is 1. The Labute approximate surface area is 190 Å². The molecule has 0 aliphatic heterocycles. The zero-order valence-electron chi connectivity index (χ0n) is 17.3. The average Bonchev–Trinajstić information content (AvgIpc) is 2.83. The average molecular weight is 461 g/mol. The van der Waals surface area contributed by atoms with Crippen LogP contribution in [0.15, 0.2) is 93.6 Å². The van der Waals surface area contributed by atoms with Crippen LogP contribution >= 0.6 is 0 Å². The molecule has 1 aromatic heterocycles. The Morgan fingerprint density at radius 2 is 1.62 bits per heavy atom. The van der Waals surface area contributed by atoms with E-state index >= 15 is 0 Å². The minimum Gasteiger partial charge on any atom is -0.450 e. The van der Waals surface area contributed by atoms with Crippen molar-refractivity contribution in [3.63, 3.8) is 0 Å². The van der Waals surface area contributed by atoms with Crippen molar-refractivity contribution >= 4 is 23.0 Å². The Hall–Kier alpha value is -4.64. The highest BCUT2D eigenvalue weighted by Gasteiger charge is 2.39. The third-order valence-electron chi connectivity index (χ3n) is 4.85. The SMILES string of the molecule is N#CC(=Cc1ccccc1)C(=O)Oc1ccc2c(=O)c(-c3ccccc3)c(C(F)(F)F)oc2c1. The van der Waals surface area contributed by atoms with Crippen LogP contribution in [0.1, 0.15) is 11.3 Å². The molecule has 0 saturated heterocycles. The van der Waals surface area contributed by atoms with E-state index in [4.69, 9.17) is 9.15 Å². The maximum atomic E-state index is 13.7. The van der Waals surface area contributed by atoms with Crippen molar-refractivity contribution in [3.8, 4) is 22.9 Å². The second-order valence-corrected chi connectivity index (χ2v) is 7.13. The van der Waals surface area contributed by atoms with Gasteiger partial charge in [0.25, 0.3) is 0 Å². The highest BCUT2D eigenvalue weighted by Crippen LogP contribution is 2.37. The maximum absolute atomic E-state index is 13.7. The summed E-state index contributed by atoms with van der Waals surface area (Å²) in [7, 11) is 0. The van der Waals surface area contributed by atoms with Crippen LogP contribution in [0.4, 0.5) is 13.2 Å².